The molecule has 136 valence electrons. The highest BCUT2D eigenvalue weighted by Crippen LogP contribution is 2.30. The van der Waals surface area contributed by atoms with Gasteiger partial charge in [0.25, 0.3) is 0 Å². The number of hydrogen-bond donors (Lipinski definition) is 0. The number of esters is 2. The van der Waals surface area contributed by atoms with Crippen molar-refractivity contribution in [1.82, 2.24) is 0 Å². The maximum atomic E-state index is 14.8. The lowest BCUT2D eigenvalue weighted by Crippen LogP contribution is -2.35. The molecule has 3 rings (SSSR count). The summed E-state index contributed by atoms with van der Waals surface area (Å²) in [5.74, 6) is -1.33. The van der Waals surface area contributed by atoms with Crippen LogP contribution in [0, 0.1) is 0 Å². The maximum absolute atomic E-state index is 14.8. The van der Waals surface area contributed by atoms with Crippen LogP contribution in [0.5, 0.6) is 0 Å². The Hall–Kier alpha value is -2.73. The fraction of sp³-hybridized carbons (Fsp3) is 0.300. The lowest BCUT2D eigenvalue weighted by atomic mass is 10.1. The molecule has 0 radical (unpaired) electrons. The molecule has 0 aliphatic carbocycles. The molecule has 0 N–H and O–H groups in total. The monoisotopic (exact) mass is 358 g/mol. The predicted molar refractivity (Wildman–Crippen MR) is 91.4 cm³/mol. The molecule has 2 aromatic rings. The topological polar surface area (TPSA) is 61.8 Å². The zero-order chi connectivity index (χ0) is 18.5. The Balaban J connectivity index is 1.67. The molecule has 0 aromatic heterocycles. The maximum Gasteiger partial charge on any atom is 0.340 e. The third kappa shape index (κ3) is 3.91. The second-order valence-electron chi connectivity index (χ2n) is 5.90. The van der Waals surface area contributed by atoms with E-state index in [1.54, 1.807) is 67.6 Å². The van der Waals surface area contributed by atoms with Crippen molar-refractivity contribution in [3.63, 3.8) is 0 Å². The minimum atomic E-state index is -1.76. The summed E-state index contributed by atoms with van der Waals surface area (Å²) in [6, 6.07) is 16.6. The van der Waals surface area contributed by atoms with E-state index in [0.29, 0.717) is 17.5 Å². The normalized spacial score (nSPS) is 24.8. The van der Waals surface area contributed by atoms with Gasteiger partial charge >= 0.3 is 11.9 Å². The summed E-state index contributed by atoms with van der Waals surface area (Å²) in [7, 11) is 0. The highest BCUT2D eigenvalue weighted by atomic mass is 19.1. The minimum absolute atomic E-state index is 0.293. The first-order chi connectivity index (χ1) is 12.6. The van der Waals surface area contributed by atoms with Crippen LogP contribution in [0.3, 0.4) is 0 Å². The number of rotatable bonds is 5. The van der Waals surface area contributed by atoms with Crippen molar-refractivity contribution in [2.45, 2.75) is 38.0 Å². The molecule has 1 unspecified atom stereocenters. The Morgan fingerprint density at radius 3 is 1.92 bits per heavy atom. The Morgan fingerprint density at radius 2 is 1.42 bits per heavy atom. The van der Waals surface area contributed by atoms with E-state index in [1.807, 2.05) is 0 Å². The first-order valence-corrected chi connectivity index (χ1v) is 8.41. The molecule has 1 aliphatic rings. The van der Waals surface area contributed by atoms with Crippen molar-refractivity contribution in [2.75, 3.05) is 0 Å². The quantitative estimate of drug-likeness (QED) is 0.765. The van der Waals surface area contributed by atoms with Gasteiger partial charge < -0.3 is 14.2 Å². The van der Waals surface area contributed by atoms with Crippen molar-refractivity contribution in [3.8, 4) is 0 Å². The molecule has 0 bridgehead atoms. The minimum Gasteiger partial charge on any atom is -0.453 e. The average molecular weight is 358 g/mol. The Kier molecular flexibility index (Phi) is 5.63. The Labute approximate surface area is 150 Å². The van der Waals surface area contributed by atoms with Gasteiger partial charge in [0.15, 0.2) is 6.10 Å². The SMILES string of the molecule is CC[C@H]1O[C@@H](OC(=O)c2ccccc2)C(F)[C@@H]1OC(=O)c1ccccc1. The second-order valence-corrected chi connectivity index (χ2v) is 5.90. The smallest absolute Gasteiger partial charge is 0.340 e. The van der Waals surface area contributed by atoms with E-state index in [2.05, 4.69) is 0 Å². The molecule has 1 heterocycles. The molecule has 0 amide bonds. The number of alkyl halides is 1. The van der Waals surface area contributed by atoms with E-state index in [-0.39, 0.29) is 0 Å². The molecule has 4 atom stereocenters. The van der Waals surface area contributed by atoms with Crippen LogP contribution >= 0.6 is 0 Å². The van der Waals surface area contributed by atoms with E-state index >= 15 is 0 Å². The van der Waals surface area contributed by atoms with E-state index in [1.165, 1.54) is 0 Å². The summed E-state index contributed by atoms with van der Waals surface area (Å²) in [5, 5.41) is 0. The van der Waals surface area contributed by atoms with Gasteiger partial charge in [0.2, 0.25) is 12.5 Å². The van der Waals surface area contributed by atoms with Crippen molar-refractivity contribution in [2.24, 2.45) is 0 Å². The first-order valence-electron chi connectivity index (χ1n) is 8.41. The van der Waals surface area contributed by atoms with Gasteiger partial charge in [-0.15, -0.1) is 0 Å². The van der Waals surface area contributed by atoms with Gasteiger partial charge in [-0.1, -0.05) is 43.3 Å². The standard InChI is InChI=1S/C20H19FO5/c1-2-15-17(25-18(22)13-9-5-3-6-10-13)16(21)20(24-15)26-19(23)14-11-7-4-8-12-14/h3-12,15-17,20H,2H2,1H3/t15-,16?,17-,20+/m1/s1. The van der Waals surface area contributed by atoms with Crippen LogP contribution in [-0.2, 0) is 14.2 Å². The number of ether oxygens (including phenoxy) is 3. The highest BCUT2D eigenvalue weighted by Gasteiger charge is 2.49. The summed E-state index contributed by atoms with van der Waals surface area (Å²) in [4.78, 5) is 24.3. The predicted octanol–water partition coefficient (Wildman–Crippen LogP) is 3.54. The highest BCUT2D eigenvalue weighted by molar-refractivity contribution is 5.90. The third-order valence-corrected chi connectivity index (χ3v) is 4.14. The van der Waals surface area contributed by atoms with Crippen molar-refractivity contribution >= 4 is 11.9 Å². The molecule has 6 heteroatoms. The van der Waals surface area contributed by atoms with Crippen LogP contribution in [0.2, 0.25) is 0 Å². The number of carbonyl (C=O) groups is 2. The Morgan fingerprint density at radius 1 is 0.923 bits per heavy atom. The second kappa shape index (κ2) is 8.10. The van der Waals surface area contributed by atoms with Crippen LogP contribution in [0.25, 0.3) is 0 Å². The van der Waals surface area contributed by atoms with Gasteiger partial charge in [-0.2, -0.15) is 0 Å². The van der Waals surface area contributed by atoms with Crippen LogP contribution in [0.1, 0.15) is 34.1 Å². The molecule has 26 heavy (non-hydrogen) atoms. The molecule has 1 saturated heterocycles. The molecule has 1 aliphatic heterocycles. The van der Waals surface area contributed by atoms with Crippen LogP contribution in [-0.4, -0.2) is 36.6 Å². The van der Waals surface area contributed by atoms with Crippen LogP contribution in [0.4, 0.5) is 4.39 Å². The first kappa shape index (κ1) is 18.1. The van der Waals surface area contributed by atoms with Gasteiger partial charge in [0, 0.05) is 0 Å². The Bertz CT molecular complexity index is 749. The van der Waals surface area contributed by atoms with Gasteiger partial charge in [0.1, 0.15) is 6.10 Å². The molecule has 0 spiro atoms. The van der Waals surface area contributed by atoms with Gasteiger partial charge in [-0.05, 0) is 30.7 Å². The lowest BCUT2D eigenvalue weighted by molar-refractivity contribution is -0.121. The molecule has 2 aromatic carbocycles. The molecular weight excluding hydrogens is 339 g/mol. The average Bonchev–Trinajstić information content (AvgIpc) is 2.98. The van der Waals surface area contributed by atoms with Crippen molar-refractivity contribution in [1.29, 1.82) is 0 Å². The number of hydrogen-bond acceptors (Lipinski definition) is 5. The molecule has 5 nitrogen and oxygen atoms in total. The summed E-state index contributed by atoms with van der Waals surface area (Å²) < 4.78 is 30.7. The zero-order valence-corrected chi connectivity index (χ0v) is 14.2. The van der Waals surface area contributed by atoms with Crippen LogP contribution in [0.15, 0.2) is 60.7 Å². The van der Waals surface area contributed by atoms with Gasteiger partial charge in [0.05, 0.1) is 11.1 Å². The number of carbonyl (C=O) groups excluding carboxylic acids is 2. The summed E-state index contributed by atoms with van der Waals surface area (Å²) in [5.41, 5.74) is 0.611. The van der Waals surface area contributed by atoms with E-state index < -0.39 is 36.6 Å². The van der Waals surface area contributed by atoms with E-state index in [9.17, 15) is 14.0 Å². The van der Waals surface area contributed by atoms with Gasteiger partial charge in [-0.3, -0.25) is 0 Å². The van der Waals surface area contributed by atoms with E-state index in [4.69, 9.17) is 14.2 Å². The zero-order valence-electron chi connectivity index (χ0n) is 14.2. The lowest BCUT2D eigenvalue weighted by Gasteiger charge is -2.18. The van der Waals surface area contributed by atoms with Crippen LogP contribution < -0.4 is 0 Å². The van der Waals surface area contributed by atoms with Gasteiger partial charge in [-0.25, -0.2) is 14.0 Å². The van der Waals surface area contributed by atoms with E-state index in [0.717, 1.165) is 0 Å². The van der Waals surface area contributed by atoms with Crippen molar-refractivity contribution < 1.29 is 28.2 Å². The summed E-state index contributed by atoms with van der Waals surface area (Å²) in [6.45, 7) is 1.78. The fourth-order valence-electron chi connectivity index (χ4n) is 2.76. The number of halogens is 1. The number of benzene rings is 2. The summed E-state index contributed by atoms with van der Waals surface area (Å²) in [6.07, 6.45) is -4.60. The molecule has 0 saturated carbocycles. The third-order valence-electron chi connectivity index (χ3n) is 4.14. The summed E-state index contributed by atoms with van der Waals surface area (Å²) >= 11 is 0. The molecular formula is C20H19FO5. The fourth-order valence-corrected chi connectivity index (χ4v) is 2.76. The van der Waals surface area contributed by atoms with Crippen molar-refractivity contribution in [3.05, 3.63) is 71.8 Å². The largest absolute Gasteiger partial charge is 0.453 e. The molecule has 1 fully saturated rings.